The summed E-state index contributed by atoms with van der Waals surface area (Å²) in [5, 5.41) is 1.17. The van der Waals surface area contributed by atoms with Crippen molar-refractivity contribution in [3.63, 3.8) is 0 Å². The Labute approximate surface area is 223 Å². The number of nitrogens with zero attached hydrogens (tertiary/aromatic N) is 4. The molecule has 8 nitrogen and oxygen atoms in total. The van der Waals surface area contributed by atoms with Gasteiger partial charge in [0.25, 0.3) is 11.8 Å². The van der Waals surface area contributed by atoms with Crippen LogP contribution in [0.2, 0.25) is 0 Å². The number of methoxy groups -OCH3 is 1. The van der Waals surface area contributed by atoms with E-state index in [4.69, 9.17) is 9.15 Å². The maximum absolute atomic E-state index is 13.7. The fraction of sp³-hybridized carbons (Fsp3) is 0.333. The van der Waals surface area contributed by atoms with Crippen molar-refractivity contribution in [2.24, 2.45) is 0 Å². The fourth-order valence-corrected chi connectivity index (χ4v) is 5.03. The number of carbonyl (C=O) groups is 2. The van der Waals surface area contributed by atoms with Crippen molar-refractivity contribution in [2.75, 3.05) is 51.8 Å². The van der Waals surface area contributed by atoms with E-state index in [-0.39, 0.29) is 18.4 Å². The van der Waals surface area contributed by atoms with Gasteiger partial charge in [-0.2, -0.15) is 0 Å². The lowest BCUT2D eigenvalue weighted by atomic mass is 10.1. The van der Waals surface area contributed by atoms with Crippen molar-refractivity contribution in [1.29, 1.82) is 0 Å². The number of furan rings is 1. The van der Waals surface area contributed by atoms with E-state index in [0.29, 0.717) is 31.9 Å². The molecule has 2 aromatic heterocycles. The maximum Gasteiger partial charge on any atom is 0.289 e. The Kier molecular flexibility index (Phi) is 7.91. The first kappa shape index (κ1) is 25.8. The van der Waals surface area contributed by atoms with Gasteiger partial charge in [-0.3, -0.25) is 9.59 Å². The van der Waals surface area contributed by atoms with E-state index in [2.05, 4.69) is 27.7 Å². The Morgan fingerprint density at radius 1 is 0.921 bits per heavy atom. The first-order valence-corrected chi connectivity index (χ1v) is 13.0. The monoisotopic (exact) mass is 514 g/mol. The highest BCUT2D eigenvalue weighted by Crippen LogP contribution is 2.25. The SMILES string of the molecule is COCC(=O)N1CCCN(C)CCN(C(=O)c2ccc(Cn3ccc4ccccc43)o2)Cc2ccccc21. The minimum Gasteiger partial charge on any atom is -0.454 e. The van der Waals surface area contributed by atoms with E-state index in [9.17, 15) is 9.59 Å². The molecule has 2 amide bonds. The van der Waals surface area contributed by atoms with Gasteiger partial charge in [0.1, 0.15) is 12.4 Å². The van der Waals surface area contributed by atoms with Crippen LogP contribution in [0.3, 0.4) is 0 Å². The average molecular weight is 515 g/mol. The van der Waals surface area contributed by atoms with Crippen LogP contribution in [0.5, 0.6) is 0 Å². The van der Waals surface area contributed by atoms with Gasteiger partial charge in [-0.25, -0.2) is 0 Å². The van der Waals surface area contributed by atoms with Crippen LogP contribution in [0.25, 0.3) is 10.9 Å². The number of amides is 2. The summed E-state index contributed by atoms with van der Waals surface area (Å²) >= 11 is 0. The summed E-state index contributed by atoms with van der Waals surface area (Å²) in [5.74, 6) is 0.791. The summed E-state index contributed by atoms with van der Waals surface area (Å²) in [4.78, 5) is 32.4. The lowest BCUT2D eigenvalue weighted by Crippen LogP contribution is -2.37. The van der Waals surface area contributed by atoms with Crippen molar-refractivity contribution in [3.8, 4) is 0 Å². The highest BCUT2D eigenvalue weighted by Gasteiger charge is 2.25. The molecule has 1 aliphatic rings. The average Bonchev–Trinajstić information content (AvgIpc) is 3.56. The zero-order chi connectivity index (χ0) is 26.5. The number of fused-ring (bicyclic) bond motifs is 2. The summed E-state index contributed by atoms with van der Waals surface area (Å²) in [5.41, 5.74) is 2.85. The highest BCUT2D eigenvalue weighted by atomic mass is 16.5. The largest absolute Gasteiger partial charge is 0.454 e. The molecule has 0 saturated carbocycles. The van der Waals surface area contributed by atoms with E-state index < -0.39 is 0 Å². The third-order valence-electron chi connectivity index (χ3n) is 7.05. The number of ether oxygens (including phenoxy) is 1. The van der Waals surface area contributed by atoms with Crippen LogP contribution in [0.4, 0.5) is 5.69 Å². The molecular formula is C30H34N4O4. The van der Waals surface area contributed by atoms with Crippen molar-refractivity contribution in [1.82, 2.24) is 14.4 Å². The van der Waals surface area contributed by atoms with Crippen molar-refractivity contribution >= 4 is 28.4 Å². The molecule has 1 aliphatic heterocycles. The van der Waals surface area contributed by atoms with Crippen LogP contribution in [0.1, 0.15) is 28.3 Å². The Hall–Kier alpha value is -3.88. The van der Waals surface area contributed by atoms with Crippen molar-refractivity contribution in [3.05, 3.63) is 90.0 Å². The topological polar surface area (TPSA) is 71.2 Å². The molecule has 8 heteroatoms. The van der Waals surface area contributed by atoms with E-state index in [0.717, 1.165) is 42.0 Å². The number of benzene rings is 2. The van der Waals surface area contributed by atoms with Gasteiger partial charge in [0.2, 0.25) is 0 Å². The predicted octanol–water partition coefficient (Wildman–Crippen LogP) is 4.24. The number of hydrogen-bond donors (Lipinski definition) is 0. The predicted molar refractivity (Wildman–Crippen MR) is 147 cm³/mol. The molecule has 5 rings (SSSR count). The number of para-hydroxylation sites is 2. The van der Waals surface area contributed by atoms with Gasteiger partial charge in [-0.15, -0.1) is 0 Å². The lowest BCUT2D eigenvalue weighted by molar-refractivity contribution is -0.122. The van der Waals surface area contributed by atoms with E-state index >= 15 is 0 Å². The van der Waals surface area contributed by atoms with Crippen LogP contribution >= 0.6 is 0 Å². The van der Waals surface area contributed by atoms with Crippen LogP contribution in [0, 0.1) is 0 Å². The van der Waals surface area contributed by atoms with Crippen LogP contribution in [-0.4, -0.2) is 73.1 Å². The molecule has 0 fully saturated rings. The zero-order valence-electron chi connectivity index (χ0n) is 22.0. The third-order valence-corrected chi connectivity index (χ3v) is 7.05. The molecule has 0 N–H and O–H groups in total. The molecule has 4 aromatic rings. The van der Waals surface area contributed by atoms with Gasteiger partial charge in [0.15, 0.2) is 5.76 Å². The molecule has 0 spiro atoms. The minimum atomic E-state index is -0.161. The minimum absolute atomic E-state index is 0.0126. The number of carbonyl (C=O) groups excluding carboxylic acids is 2. The van der Waals surface area contributed by atoms with E-state index in [1.54, 1.807) is 11.0 Å². The summed E-state index contributed by atoms with van der Waals surface area (Å²) < 4.78 is 13.3. The van der Waals surface area contributed by atoms with Gasteiger partial charge < -0.3 is 28.4 Å². The number of hydrogen-bond acceptors (Lipinski definition) is 5. The summed E-state index contributed by atoms with van der Waals surface area (Å²) in [6.07, 6.45) is 2.86. The molecule has 0 aliphatic carbocycles. The van der Waals surface area contributed by atoms with Crippen LogP contribution in [-0.2, 0) is 22.6 Å². The molecule has 198 valence electrons. The zero-order valence-corrected chi connectivity index (χ0v) is 22.0. The molecule has 0 radical (unpaired) electrons. The second-order valence-electron chi connectivity index (χ2n) is 9.76. The fourth-order valence-electron chi connectivity index (χ4n) is 5.03. The molecule has 0 saturated heterocycles. The Morgan fingerprint density at radius 3 is 2.61 bits per heavy atom. The smallest absolute Gasteiger partial charge is 0.289 e. The third kappa shape index (κ3) is 5.66. The van der Waals surface area contributed by atoms with Gasteiger partial charge in [0, 0.05) is 50.7 Å². The van der Waals surface area contributed by atoms with Gasteiger partial charge in [-0.05, 0) is 61.3 Å². The highest BCUT2D eigenvalue weighted by molar-refractivity contribution is 5.95. The number of anilines is 1. The second-order valence-corrected chi connectivity index (χ2v) is 9.76. The maximum atomic E-state index is 13.7. The lowest BCUT2D eigenvalue weighted by Gasteiger charge is -2.27. The second kappa shape index (κ2) is 11.7. The van der Waals surface area contributed by atoms with Crippen molar-refractivity contribution < 1.29 is 18.7 Å². The standard InChI is InChI=1S/C30H34N4O4/c1-31-15-7-16-34(29(35)22-37-2)27-11-6-4-9-24(27)20-33(19-18-31)30(36)28-13-12-25(38-28)21-32-17-14-23-8-3-5-10-26(23)32/h3-6,8-14,17H,7,15-16,18-22H2,1-2H3. The van der Waals surface area contributed by atoms with E-state index in [1.165, 1.54) is 12.5 Å². The first-order valence-electron chi connectivity index (χ1n) is 13.0. The Balaban J connectivity index is 1.40. The quantitative estimate of drug-likeness (QED) is 0.399. The molecular weight excluding hydrogens is 480 g/mol. The summed E-state index contributed by atoms with van der Waals surface area (Å²) in [7, 11) is 3.57. The van der Waals surface area contributed by atoms with Crippen LogP contribution < -0.4 is 4.90 Å². The number of aromatic nitrogens is 1. The van der Waals surface area contributed by atoms with Gasteiger partial charge in [-0.1, -0.05) is 36.4 Å². The Bertz CT molecular complexity index is 1410. The normalized spacial score (nSPS) is 15.3. The molecule has 0 bridgehead atoms. The number of rotatable bonds is 5. The molecule has 0 unspecified atom stereocenters. The van der Waals surface area contributed by atoms with Gasteiger partial charge in [0.05, 0.1) is 6.54 Å². The first-order chi connectivity index (χ1) is 18.5. The molecule has 38 heavy (non-hydrogen) atoms. The number of likely N-dealkylation sites (N-methyl/N-ethyl adjacent to an activating group) is 1. The summed E-state index contributed by atoms with van der Waals surface area (Å²) in [6.45, 7) is 3.61. The summed E-state index contributed by atoms with van der Waals surface area (Å²) in [6, 6.07) is 21.7. The van der Waals surface area contributed by atoms with Crippen molar-refractivity contribution in [2.45, 2.75) is 19.5 Å². The van der Waals surface area contributed by atoms with E-state index in [1.807, 2.05) is 60.6 Å². The Morgan fingerprint density at radius 2 is 1.74 bits per heavy atom. The van der Waals surface area contributed by atoms with Crippen LogP contribution in [0.15, 0.2) is 77.3 Å². The molecule has 3 heterocycles. The molecule has 0 atom stereocenters. The van der Waals surface area contributed by atoms with Gasteiger partial charge >= 0.3 is 0 Å². The molecule has 2 aromatic carbocycles.